The third-order valence-corrected chi connectivity index (χ3v) is 6.05. The number of likely N-dealkylation sites (tertiary alicyclic amines) is 1. The average molecular weight is 476 g/mol. The number of carboxylic acid groups (broad SMARTS) is 3. The standard InChI is InChI=1S/C19H29N3O9S/c1-2-3-4-5-8-22-14(23)9-13(16(22)26)32-10-12(18(29)30)21-19(31)20-11(17(27)28)6-7-15(24)25/h11-13H,2-10H2,1H3,(H,24,25)(H,27,28)(H,29,30)(H2,20,21,31)/t11-,12-,13?/m0/s1. The molecule has 0 bridgehead atoms. The first-order valence-corrected chi connectivity index (χ1v) is 11.3. The largest absolute Gasteiger partial charge is 0.481 e. The fraction of sp³-hybridized carbons (Fsp3) is 0.684. The highest BCUT2D eigenvalue weighted by atomic mass is 32.2. The van der Waals surface area contributed by atoms with E-state index in [0.717, 1.165) is 31.0 Å². The van der Waals surface area contributed by atoms with E-state index in [1.54, 1.807) is 0 Å². The van der Waals surface area contributed by atoms with Gasteiger partial charge in [-0.3, -0.25) is 19.3 Å². The van der Waals surface area contributed by atoms with Crippen LogP contribution in [0.1, 0.15) is 51.9 Å². The molecule has 1 rings (SSSR count). The summed E-state index contributed by atoms with van der Waals surface area (Å²) in [6, 6.07) is -4.05. The van der Waals surface area contributed by atoms with Crippen molar-refractivity contribution in [2.45, 2.75) is 69.2 Å². The molecule has 0 radical (unpaired) electrons. The van der Waals surface area contributed by atoms with E-state index >= 15 is 0 Å². The SMILES string of the molecule is CCCCCCN1C(=O)CC(SC[C@H](NC(=O)N[C@@H](CCC(=O)O)C(=O)O)C(=O)O)C1=O. The minimum Gasteiger partial charge on any atom is -0.481 e. The van der Waals surface area contributed by atoms with Gasteiger partial charge in [0, 0.05) is 25.1 Å². The second-order valence-corrected chi connectivity index (χ2v) is 8.54. The molecule has 1 unspecified atom stereocenters. The minimum atomic E-state index is -1.51. The van der Waals surface area contributed by atoms with Crippen molar-refractivity contribution in [3.05, 3.63) is 0 Å². The van der Waals surface area contributed by atoms with Crippen molar-refractivity contribution < 1.29 is 44.1 Å². The van der Waals surface area contributed by atoms with Crippen molar-refractivity contribution in [3.8, 4) is 0 Å². The van der Waals surface area contributed by atoms with Crippen molar-refractivity contribution in [1.29, 1.82) is 0 Å². The maximum Gasteiger partial charge on any atom is 0.327 e. The molecule has 0 saturated carbocycles. The van der Waals surface area contributed by atoms with Crippen molar-refractivity contribution in [1.82, 2.24) is 15.5 Å². The van der Waals surface area contributed by atoms with E-state index in [9.17, 15) is 33.9 Å². The lowest BCUT2D eigenvalue weighted by molar-refractivity contribution is -0.141. The van der Waals surface area contributed by atoms with E-state index < -0.39 is 47.7 Å². The van der Waals surface area contributed by atoms with Crippen LogP contribution in [0.3, 0.4) is 0 Å². The molecule has 4 amide bonds. The maximum atomic E-state index is 12.5. The van der Waals surface area contributed by atoms with Crippen LogP contribution in [0.4, 0.5) is 4.79 Å². The van der Waals surface area contributed by atoms with Crippen LogP contribution in [-0.2, 0) is 24.0 Å². The highest BCUT2D eigenvalue weighted by Gasteiger charge is 2.39. The number of nitrogens with one attached hydrogen (secondary N) is 2. The van der Waals surface area contributed by atoms with Crippen molar-refractivity contribution >= 4 is 47.5 Å². The molecule has 180 valence electrons. The van der Waals surface area contributed by atoms with Crippen LogP contribution >= 0.6 is 11.8 Å². The van der Waals surface area contributed by atoms with Crippen LogP contribution in [0.5, 0.6) is 0 Å². The van der Waals surface area contributed by atoms with E-state index in [2.05, 4.69) is 5.32 Å². The molecule has 12 nitrogen and oxygen atoms in total. The molecule has 3 atom stereocenters. The smallest absolute Gasteiger partial charge is 0.327 e. The molecule has 13 heteroatoms. The molecule has 1 aliphatic rings. The van der Waals surface area contributed by atoms with Crippen molar-refractivity contribution in [2.75, 3.05) is 12.3 Å². The highest BCUT2D eigenvalue weighted by molar-refractivity contribution is 8.00. The van der Waals surface area contributed by atoms with Crippen molar-refractivity contribution in [3.63, 3.8) is 0 Å². The number of unbranched alkanes of at least 4 members (excludes halogenated alkanes) is 3. The van der Waals surface area contributed by atoms with Crippen LogP contribution in [0.15, 0.2) is 0 Å². The first kappa shape index (κ1) is 27.2. The van der Waals surface area contributed by atoms with Crippen LogP contribution in [0, 0.1) is 0 Å². The van der Waals surface area contributed by atoms with Gasteiger partial charge in [0.25, 0.3) is 0 Å². The van der Waals surface area contributed by atoms with Gasteiger partial charge in [0.2, 0.25) is 11.8 Å². The van der Waals surface area contributed by atoms with Gasteiger partial charge in [0.15, 0.2) is 0 Å². The summed E-state index contributed by atoms with van der Waals surface area (Å²) in [5, 5.41) is 30.4. The molecule has 5 N–H and O–H groups in total. The zero-order valence-corrected chi connectivity index (χ0v) is 18.6. The maximum absolute atomic E-state index is 12.5. The predicted octanol–water partition coefficient (Wildman–Crippen LogP) is 0.498. The quantitative estimate of drug-likeness (QED) is 0.165. The number of carbonyl (C=O) groups is 6. The number of hydrogen-bond donors (Lipinski definition) is 5. The number of thioether (sulfide) groups is 1. The summed E-state index contributed by atoms with van der Waals surface area (Å²) in [6.07, 6.45) is 2.70. The third-order valence-electron chi connectivity index (χ3n) is 4.76. The predicted molar refractivity (Wildman–Crippen MR) is 113 cm³/mol. The van der Waals surface area contributed by atoms with Gasteiger partial charge in [-0.25, -0.2) is 14.4 Å². The lowest BCUT2D eigenvalue weighted by atomic mass is 10.1. The molecular formula is C19H29N3O9S. The number of aliphatic carboxylic acids is 3. The Morgan fingerprint density at radius 2 is 1.66 bits per heavy atom. The molecule has 1 saturated heterocycles. The first-order chi connectivity index (χ1) is 15.1. The Labute approximate surface area is 189 Å². The van der Waals surface area contributed by atoms with E-state index in [-0.39, 0.29) is 30.4 Å². The first-order valence-electron chi connectivity index (χ1n) is 10.3. The summed E-state index contributed by atoms with van der Waals surface area (Å²) in [5.74, 6) is -5.03. The fourth-order valence-corrected chi connectivity index (χ4v) is 4.17. The molecule has 1 heterocycles. The molecule has 0 aromatic heterocycles. The summed E-state index contributed by atoms with van der Waals surface area (Å²) in [4.78, 5) is 71.0. The van der Waals surface area contributed by atoms with Crippen molar-refractivity contribution in [2.24, 2.45) is 0 Å². The minimum absolute atomic E-state index is 0.0495. The Balaban J connectivity index is 2.59. The van der Waals surface area contributed by atoms with Gasteiger partial charge in [-0.1, -0.05) is 26.2 Å². The molecule has 32 heavy (non-hydrogen) atoms. The van der Waals surface area contributed by atoms with Gasteiger partial charge in [-0.05, 0) is 12.8 Å². The van der Waals surface area contributed by atoms with Gasteiger partial charge in [0.05, 0.1) is 5.25 Å². The lowest BCUT2D eigenvalue weighted by Gasteiger charge is -2.19. The Bertz CT molecular complexity index is 731. The van der Waals surface area contributed by atoms with Gasteiger partial charge in [0.1, 0.15) is 12.1 Å². The molecule has 1 fully saturated rings. The second kappa shape index (κ2) is 13.6. The summed E-state index contributed by atoms with van der Waals surface area (Å²) in [5.41, 5.74) is 0. The van der Waals surface area contributed by atoms with Gasteiger partial charge in [-0.2, -0.15) is 0 Å². The normalized spacial score (nSPS) is 17.7. The number of nitrogens with zero attached hydrogens (tertiary/aromatic N) is 1. The number of rotatable bonds is 15. The number of amides is 4. The highest BCUT2D eigenvalue weighted by Crippen LogP contribution is 2.26. The Hall–Kier alpha value is -2.83. The molecule has 1 aliphatic heterocycles. The summed E-state index contributed by atoms with van der Waals surface area (Å²) in [7, 11) is 0. The number of urea groups is 1. The van der Waals surface area contributed by atoms with Gasteiger partial charge in [-0.15, -0.1) is 11.8 Å². The van der Waals surface area contributed by atoms with Gasteiger partial charge < -0.3 is 26.0 Å². The number of carboxylic acids is 3. The average Bonchev–Trinajstić information content (AvgIpc) is 2.98. The van der Waals surface area contributed by atoms with E-state index in [1.165, 1.54) is 4.90 Å². The zero-order chi connectivity index (χ0) is 24.3. The van der Waals surface area contributed by atoms with E-state index in [0.29, 0.717) is 13.0 Å². The molecule has 0 aliphatic carbocycles. The van der Waals surface area contributed by atoms with E-state index in [4.69, 9.17) is 10.2 Å². The Morgan fingerprint density at radius 3 is 2.22 bits per heavy atom. The third kappa shape index (κ3) is 9.12. The zero-order valence-electron chi connectivity index (χ0n) is 17.7. The lowest BCUT2D eigenvalue weighted by Crippen LogP contribution is -2.52. The second-order valence-electron chi connectivity index (χ2n) is 7.30. The molecule has 0 spiro atoms. The number of hydrogen-bond acceptors (Lipinski definition) is 7. The summed E-state index contributed by atoms with van der Waals surface area (Å²) in [6.45, 7) is 2.37. The Kier molecular flexibility index (Phi) is 11.5. The van der Waals surface area contributed by atoms with E-state index in [1.807, 2.05) is 12.2 Å². The van der Waals surface area contributed by atoms with Crippen LogP contribution in [-0.4, -0.2) is 85.6 Å². The molecule has 0 aromatic carbocycles. The molecular weight excluding hydrogens is 446 g/mol. The monoisotopic (exact) mass is 475 g/mol. The fourth-order valence-electron chi connectivity index (χ4n) is 2.99. The van der Waals surface area contributed by atoms with Gasteiger partial charge >= 0.3 is 23.9 Å². The van der Waals surface area contributed by atoms with Crippen LogP contribution in [0.25, 0.3) is 0 Å². The Morgan fingerprint density at radius 1 is 1.03 bits per heavy atom. The summed E-state index contributed by atoms with van der Waals surface area (Å²) < 4.78 is 0. The summed E-state index contributed by atoms with van der Waals surface area (Å²) >= 11 is 0.932. The molecule has 0 aromatic rings. The number of imide groups is 1. The van der Waals surface area contributed by atoms with Crippen LogP contribution < -0.4 is 10.6 Å². The van der Waals surface area contributed by atoms with Crippen LogP contribution in [0.2, 0.25) is 0 Å². The number of carbonyl (C=O) groups excluding carboxylic acids is 3. The topological polar surface area (TPSA) is 190 Å².